The van der Waals surface area contributed by atoms with Gasteiger partial charge in [-0.2, -0.15) is 0 Å². The van der Waals surface area contributed by atoms with E-state index in [1.54, 1.807) is 0 Å². The molecular weight excluding hydrogens is 463 g/mol. The van der Waals surface area contributed by atoms with Gasteiger partial charge in [0.25, 0.3) is 0 Å². The lowest BCUT2D eigenvalue weighted by molar-refractivity contribution is -0.236. The molecule has 4 heteroatoms. The summed E-state index contributed by atoms with van der Waals surface area (Å²) in [6.45, 7) is 6.51. The van der Waals surface area contributed by atoms with Crippen LogP contribution in [0, 0.1) is 6.92 Å². The largest absolute Gasteiger partial charge is 0.464 e. The second-order valence-electron chi connectivity index (χ2n) is 9.46. The maximum atomic E-state index is 7.04. The summed E-state index contributed by atoms with van der Waals surface area (Å²) in [4.78, 5) is 0. The van der Waals surface area contributed by atoms with Crippen LogP contribution in [0.2, 0.25) is 0 Å². The highest BCUT2D eigenvalue weighted by Crippen LogP contribution is 2.61. The molecule has 182 valence electrons. The van der Waals surface area contributed by atoms with Crippen molar-refractivity contribution >= 4 is 18.8 Å². The number of rotatable bonds is 6. The summed E-state index contributed by atoms with van der Waals surface area (Å²) >= 11 is 0. The molecule has 0 fully saturated rings. The van der Waals surface area contributed by atoms with Crippen LogP contribution >= 0.6 is 8.15 Å². The van der Waals surface area contributed by atoms with Crippen molar-refractivity contribution < 1.29 is 14.0 Å². The molecule has 4 aromatic carbocycles. The maximum absolute atomic E-state index is 7.04. The Morgan fingerprint density at radius 3 is 1.75 bits per heavy atom. The Balaban J connectivity index is 1.54. The van der Waals surface area contributed by atoms with E-state index < -0.39 is 13.9 Å². The molecule has 1 spiro atoms. The SMILES string of the molecule is CC[C@@H]1O[C@]2(O[C@@H](CC)c3cccc(OP(c4ccccc4)c4ccccc4)c32)c2c(C)cccc21. The lowest BCUT2D eigenvalue weighted by atomic mass is 9.88. The van der Waals surface area contributed by atoms with E-state index in [2.05, 4.69) is 106 Å². The Bertz CT molecular complexity index is 1330. The highest BCUT2D eigenvalue weighted by atomic mass is 31.1. The number of hydrogen-bond acceptors (Lipinski definition) is 3. The van der Waals surface area contributed by atoms with Crippen LogP contribution in [0.3, 0.4) is 0 Å². The molecule has 0 radical (unpaired) electrons. The molecule has 0 saturated heterocycles. The smallest absolute Gasteiger partial charge is 0.228 e. The molecule has 3 nitrogen and oxygen atoms in total. The molecule has 0 amide bonds. The van der Waals surface area contributed by atoms with Crippen LogP contribution in [0.4, 0.5) is 0 Å². The summed E-state index contributed by atoms with van der Waals surface area (Å²) in [5.41, 5.74) is 5.76. The minimum absolute atomic E-state index is 0.0128. The van der Waals surface area contributed by atoms with E-state index >= 15 is 0 Å². The van der Waals surface area contributed by atoms with Gasteiger partial charge in [-0.1, -0.05) is 105 Å². The maximum Gasteiger partial charge on any atom is 0.228 e. The molecule has 2 aliphatic heterocycles. The van der Waals surface area contributed by atoms with Gasteiger partial charge in [-0.25, -0.2) is 0 Å². The number of benzene rings is 4. The number of ether oxygens (including phenoxy) is 2. The van der Waals surface area contributed by atoms with Crippen LogP contribution in [0.25, 0.3) is 0 Å². The molecule has 6 rings (SSSR count). The van der Waals surface area contributed by atoms with Gasteiger partial charge in [0.1, 0.15) is 5.75 Å². The summed E-state index contributed by atoms with van der Waals surface area (Å²) in [5.74, 6) is -0.115. The van der Waals surface area contributed by atoms with Gasteiger partial charge in [0.2, 0.25) is 5.79 Å². The quantitative estimate of drug-likeness (QED) is 0.259. The first kappa shape index (κ1) is 23.4. The Hall–Kier alpha value is -2.97. The molecule has 0 aromatic heterocycles. The minimum atomic E-state index is -1.08. The Morgan fingerprint density at radius 2 is 1.19 bits per heavy atom. The van der Waals surface area contributed by atoms with Crippen molar-refractivity contribution in [3.05, 3.63) is 125 Å². The first-order valence-corrected chi connectivity index (χ1v) is 14.1. The Morgan fingerprint density at radius 1 is 0.667 bits per heavy atom. The van der Waals surface area contributed by atoms with Gasteiger partial charge in [0.05, 0.1) is 17.8 Å². The predicted octanol–water partition coefficient (Wildman–Crippen LogP) is 7.59. The summed E-state index contributed by atoms with van der Waals surface area (Å²) < 4.78 is 20.9. The molecule has 0 saturated carbocycles. The summed E-state index contributed by atoms with van der Waals surface area (Å²) in [6, 6.07) is 33.9. The van der Waals surface area contributed by atoms with Crippen molar-refractivity contribution in [1.29, 1.82) is 0 Å². The lowest BCUT2D eigenvalue weighted by Gasteiger charge is -2.30. The summed E-state index contributed by atoms with van der Waals surface area (Å²) in [5, 5.41) is 2.35. The van der Waals surface area contributed by atoms with Crippen molar-refractivity contribution in [3.8, 4) is 5.75 Å². The second kappa shape index (κ2) is 9.48. The highest BCUT2D eigenvalue weighted by Gasteiger charge is 2.56. The molecule has 0 unspecified atom stereocenters. The first-order chi connectivity index (χ1) is 17.7. The van der Waals surface area contributed by atoms with Crippen molar-refractivity contribution in [1.82, 2.24) is 0 Å². The van der Waals surface area contributed by atoms with Gasteiger partial charge in [0.15, 0.2) is 8.15 Å². The molecule has 0 N–H and O–H groups in total. The average Bonchev–Trinajstić information content (AvgIpc) is 3.44. The van der Waals surface area contributed by atoms with Crippen molar-refractivity contribution in [2.24, 2.45) is 0 Å². The van der Waals surface area contributed by atoms with Gasteiger partial charge in [0, 0.05) is 16.2 Å². The van der Waals surface area contributed by atoms with Gasteiger partial charge < -0.3 is 14.0 Å². The van der Waals surface area contributed by atoms with E-state index in [4.69, 9.17) is 14.0 Å². The first-order valence-electron chi connectivity index (χ1n) is 12.8. The van der Waals surface area contributed by atoms with Gasteiger partial charge in [-0.15, -0.1) is 0 Å². The van der Waals surface area contributed by atoms with Crippen LogP contribution in [0.5, 0.6) is 5.75 Å². The fraction of sp³-hybridized carbons (Fsp3) is 0.250. The van der Waals surface area contributed by atoms with Gasteiger partial charge >= 0.3 is 0 Å². The normalized spacial score (nSPS) is 22.1. The van der Waals surface area contributed by atoms with E-state index in [9.17, 15) is 0 Å². The van der Waals surface area contributed by atoms with Crippen molar-refractivity contribution in [2.45, 2.75) is 51.6 Å². The van der Waals surface area contributed by atoms with Crippen LogP contribution in [-0.2, 0) is 15.3 Å². The molecule has 3 atom stereocenters. The molecule has 2 aliphatic rings. The van der Waals surface area contributed by atoms with Crippen molar-refractivity contribution in [3.63, 3.8) is 0 Å². The molecule has 36 heavy (non-hydrogen) atoms. The van der Waals surface area contributed by atoms with Gasteiger partial charge in [-0.3, -0.25) is 0 Å². The minimum Gasteiger partial charge on any atom is -0.464 e. The third-order valence-electron chi connectivity index (χ3n) is 7.24. The van der Waals surface area contributed by atoms with Crippen LogP contribution in [0.15, 0.2) is 97.1 Å². The molecule has 0 aliphatic carbocycles. The van der Waals surface area contributed by atoms with E-state index in [1.807, 2.05) is 12.1 Å². The van der Waals surface area contributed by atoms with Crippen LogP contribution < -0.4 is 15.1 Å². The monoisotopic (exact) mass is 494 g/mol. The summed E-state index contributed by atoms with van der Waals surface area (Å²) in [7, 11) is -1.08. The number of fused-ring (bicyclic) bond motifs is 4. The summed E-state index contributed by atoms with van der Waals surface area (Å²) in [6.07, 6.45) is 1.69. The molecule has 0 bridgehead atoms. The third kappa shape index (κ3) is 3.69. The fourth-order valence-corrected chi connectivity index (χ4v) is 7.40. The van der Waals surface area contributed by atoms with Gasteiger partial charge in [-0.05, 0) is 42.5 Å². The average molecular weight is 495 g/mol. The van der Waals surface area contributed by atoms with E-state index in [1.165, 1.54) is 21.7 Å². The highest BCUT2D eigenvalue weighted by molar-refractivity contribution is 7.68. The van der Waals surface area contributed by atoms with E-state index in [0.29, 0.717) is 0 Å². The Labute approximate surface area is 214 Å². The fourth-order valence-electron chi connectivity index (χ4n) is 5.66. The number of aryl methyl sites for hydroxylation is 1. The van der Waals surface area contributed by atoms with Crippen LogP contribution in [0.1, 0.15) is 66.7 Å². The predicted molar refractivity (Wildman–Crippen MR) is 146 cm³/mol. The lowest BCUT2D eigenvalue weighted by Crippen LogP contribution is -2.29. The molecule has 4 aromatic rings. The van der Waals surface area contributed by atoms with E-state index in [0.717, 1.165) is 35.3 Å². The van der Waals surface area contributed by atoms with Crippen molar-refractivity contribution in [2.75, 3.05) is 0 Å². The standard InChI is InChI=1S/C32H31O3P/c1-4-27-25-19-12-14-22(3)30(25)32(33-27)31-26(28(5-2)34-32)20-13-21-29(31)35-36(23-15-8-6-9-16-23)24-17-10-7-11-18-24/h6-21,27-28H,4-5H2,1-3H3/t27-,28-,32-/m0/s1. The molecular formula is C32H31O3P. The Kier molecular flexibility index (Phi) is 6.17. The zero-order valence-corrected chi connectivity index (χ0v) is 21.9. The zero-order chi connectivity index (χ0) is 24.7. The van der Waals surface area contributed by atoms with Crippen LogP contribution in [-0.4, -0.2) is 0 Å². The third-order valence-corrected chi connectivity index (χ3v) is 9.16. The number of hydrogen-bond donors (Lipinski definition) is 0. The molecule has 2 heterocycles. The van der Waals surface area contributed by atoms with E-state index in [-0.39, 0.29) is 12.2 Å². The topological polar surface area (TPSA) is 27.7 Å². The second-order valence-corrected chi connectivity index (χ2v) is 11.3. The zero-order valence-electron chi connectivity index (χ0n) is 21.0.